The number of carboxylic acids is 1. The van der Waals surface area contributed by atoms with Gasteiger partial charge in [-0.15, -0.1) is 11.3 Å². The minimum absolute atomic E-state index is 0.456. The van der Waals surface area contributed by atoms with Crippen molar-refractivity contribution < 1.29 is 18.7 Å². The Labute approximate surface area is 76.8 Å². The average molecular weight is 204 g/mol. The highest BCUT2D eigenvalue weighted by Gasteiger charge is 2.73. The molecule has 13 heavy (non-hydrogen) atoms. The molecule has 2 unspecified atom stereocenters. The maximum absolute atomic E-state index is 12.9. The summed E-state index contributed by atoms with van der Waals surface area (Å²) in [6, 6.07) is 3.19. The molecule has 0 saturated heterocycles. The van der Waals surface area contributed by atoms with Gasteiger partial charge >= 0.3 is 5.97 Å². The summed E-state index contributed by atoms with van der Waals surface area (Å²) in [7, 11) is 0. The summed E-state index contributed by atoms with van der Waals surface area (Å²) in [5.74, 6) is -7.10. The van der Waals surface area contributed by atoms with E-state index in [1.54, 1.807) is 17.5 Å². The summed E-state index contributed by atoms with van der Waals surface area (Å²) in [4.78, 5) is 10.9. The highest BCUT2D eigenvalue weighted by atomic mass is 32.1. The van der Waals surface area contributed by atoms with Crippen LogP contribution in [0.4, 0.5) is 8.78 Å². The summed E-state index contributed by atoms with van der Waals surface area (Å²) < 4.78 is 25.8. The first-order chi connectivity index (χ1) is 6.05. The minimum atomic E-state index is -3.06. The van der Waals surface area contributed by atoms with E-state index in [2.05, 4.69) is 0 Å². The summed E-state index contributed by atoms with van der Waals surface area (Å²) in [6.07, 6.45) is 0. The molecule has 0 aromatic carbocycles. The molecule has 2 atom stereocenters. The molecule has 1 heterocycles. The number of aliphatic carboxylic acids is 1. The molecular formula is C8H6F2O2S. The molecule has 2 nitrogen and oxygen atoms in total. The van der Waals surface area contributed by atoms with Crippen LogP contribution in [0.1, 0.15) is 10.8 Å². The smallest absolute Gasteiger partial charge is 0.313 e. The maximum atomic E-state index is 12.9. The van der Waals surface area contributed by atoms with E-state index in [0.717, 1.165) is 0 Å². The highest BCUT2D eigenvalue weighted by molar-refractivity contribution is 7.10. The first-order valence-corrected chi connectivity index (χ1v) is 4.57. The van der Waals surface area contributed by atoms with Gasteiger partial charge in [0.05, 0.1) is 5.92 Å². The van der Waals surface area contributed by atoms with Crippen LogP contribution in [-0.4, -0.2) is 17.0 Å². The maximum Gasteiger partial charge on any atom is 0.313 e. The Hall–Kier alpha value is -0.970. The second kappa shape index (κ2) is 2.51. The van der Waals surface area contributed by atoms with E-state index in [4.69, 9.17) is 5.11 Å². The van der Waals surface area contributed by atoms with Gasteiger partial charge in [-0.05, 0) is 11.4 Å². The van der Waals surface area contributed by atoms with Crippen molar-refractivity contribution >= 4 is 17.3 Å². The third-order valence-corrected chi connectivity index (χ3v) is 3.12. The molecule has 0 amide bonds. The van der Waals surface area contributed by atoms with E-state index in [1.807, 2.05) is 0 Å². The van der Waals surface area contributed by atoms with Gasteiger partial charge in [-0.3, -0.25) is 4.79 Å². The Morgan fingerprint density at radius 2 is 2.31 bits per heavy atom. The van der Waals surface area contributed by atoms with Crippen molar-refractivity contribution in [3.05, 3.63) is 22.4 Å². The molecule has 1 N–H and O–H groups in total. The fraction of sp³-hybridized carbons (Fsp3) is 0.375. The molecule has 1 aromatic heterocycles. The molecule has 1 fully saturated rings. The number of thiophene rings is 1. The number of carboxylic acid groups (broad SMARTS) is 1. The van der Waals surface area contributed by atoms with Crippen LogP contribution >= 0.6 is 11.3 Å². The molecule has 1 aliphatic carbocycles. The fourth-order valence-electron chi connectivity index (χ4n) is 1.46. The third-order valence-electron chi connectivity index (χ3n) is 2.17. The van der Waals surface area contributed by atoms with Crippen LogP contribution in [0.2, 0.25) is 0 Å². The molecule has 0 radical (unpaired) electrons. The van der Waals surface area contributed by atoms with Crippen LogP contribution in [-0.2, 0) is 4.79 Å². The normalized spacial score (nSPS) is 30.0. The summed E-state index contributed by atoms with van der Waals surface area (Å²) in [5.41, 5.74) is 0. The molecule has 1 aromatic rings. The van der Waals surface area contributed by atoms with Crippen LogP contribution in [0.15, 0.2) is 17.5 Å². The first-order valence-electron chi connectivity index (χ1n) is 3.69. The van der Waals surface area contributed by atoms with E-state index >= 15 is 0 Å². The van der Waals surface area contributed by atoms with Crippen LogP contribution < -0.4 is 0 Å². The number of hydrogen-bond donors (Lipinski definition) is 1. The van der Waals surface area contributed by atoms with E-state index in [1.165, 1.54) is 11.3 Å². The van der Waals surface area contributed by atoms with Crippen molar-refractivity contribution in [1.82, 2.24) is 0 Å². The van der Waals surface area contributed by atoms with Gasteiger partial charge in [-0.25, -0.2) is 8.78 Å². The average Bonchev–Trinajstić information content (AvgIpc) is 2.50. The SMILES string of the molecule is O=C(O)C1C(c2cccs2)C1(F)F. The molecule has 1 saturated carbocycles. The van der Waals surface area contributed by atoms with Crippen molar-refractivity contribution in [3.8, 4) is 0 Å². The molecule has 2 rings (SSSR count). The second-order valence-electron chi connectivity index (χ2n) is 2.98. The monoisotopic (exact) mass is 204 g/mol. The molecule has 0 spiro atoms. The first kappa shape index (κ1) is 8.62. The Kier molecular flexibility index (Phi) is 1.66. The minimum Gasteiger partial charge on any atom is -0.481 e. The lowest BCUT2D eigenvalue weighted by Crippen LogP contribution is -2.04. The predicted molar refractivity (Wildman–Crippen MR) is 43.1 cm³/mol. The Morgan fingerprint density at radius 3 is 2.69 bits per heavy atom. The number of halogens is 2. The Morgan fingerprint density at radius 1 is 1.62 bits per heavy atom. The van der Waals surface area contributed by atoms with E-state index in [-0.39, 0.29) is 0 Å². The number of hydrogen-bond acceptors (Lipinski definition) is 2. The van der Waals surface area contributed by atoms with Gasteiger partial charge < -0.3 is 5.11 Å². The molecule has 70 valence electrons. The van der Waals surface area contributed by atoms with E-state index < -0.39 is 23.7 Å². The highest BCUT2D eigenvalue weighted by Crippen LogP contribution is 2.62. The molecular weight excluding hydrogens is 198 g/mol. The summed E-state index contributed by atoms with van der Waals surface area (Å²) in [6.45, 7) is 0. The molecule has 1 aliphatic rings. The lowest BCUT2D eigenvalue weighted by Gasteiger charge is -1.89. The van der Waals surface area contributed by atoms with Crippen molar-refractivity contribution in [2.45, 2.75) is 11.8 Å². The van der Waals surface area contributed by atoms with Gasteiger partial charge in [-0.1, -0.05) is 6.07 Å². The van der Waals surface area contributed by atoms with Crippen LogP contribution in [0.5, 0.6) is 0 Å². The largest absolute Gasteiger partial charge is 0.481 e. The Bertz CT molecular complexity index is 334. The van der Waals surface area contributed by atoms with Crippen LogP contribution in [0.25, 0.3) is 0 Å². The summed E-state index contributed by atoms with van der Waals surface area (Å²) >= 11 is 1.17. The number of carbonyl (C=O) groups is 1. The van der Waals surface area contributed by atoms with Crippen molar-refractivity contribution in [2.75, 3.05) is 0 Å². The van der Waals surface area contributed by atoms with E-state index in [0.29, 0.717) is 4.88 Å². The van der Waals surface area contributed by atoms with Crippen LogP contribution in [0.3, 0.4) is 0 Å². The zero-order valence-electron chi connectivity index (χ0n) is 6.41. The van der Waals surface area contributed by atoms with Crippen LogP contribution in [0, 0.1) is 5.92 Å². The van der Waals surface area contributed by atoms with Crippen molar-refractivity contribution in [3.63, 3.8) is 0 Å². The topological polar surface area (TPSA) is 37.3 Å². The predicted octanol–water partition coefficient (Wildman–Crippen LogP) is 2.18. The second-order valence-corrected chi connectivity index (χ2v) is 3.96. The lowest BCUT2D eigenvalue weighted by molar-refractivity contribution is -0.140. The quantitative estimate of drug-likeness (QED) is 0.801. The molecule has 0 bridgehead atoms. The fourth-order valence-corrected chi connectivity index (χ4v) is 2.37. The van der Waals surface area contributed by atoms with Gasteiger partial charge in [0.1, 0.15) is 5.92 Å². The van der Waals surface area contributed by atoms with Gasteiger partial charge in [-0.2, -0.15) is 0 Å². The number of rotatable bonds is 2. The zero-order chi connectivity index (χ0) is 9.64. The summed E-state index contributed by atoms with van der Waals surface area (Å²) in [5, 5.41) is 10.2. The number of alkyl halides is 2. The Balaban J connectivity index is 2.25. The van der Waals surface area contributed by atoms with E-state index in [9.17, 15) is 13.6 Å². The molecule has 0 aliphatic heterocycles. The van der Waals surface area contributed by atoms with Gasteiger partial charge in [0, 0.05) is 4.88 Å². The van der Waals surface area contributed by atoms with Gasteiger partial charge in [0.2, 0.25) is 0 Å². The molecule has 5 heteroatoms. The van der Waals surface area contributed by atoms with Gasteiger partial charge in [0.25, 0.3) is 5.92 Å². The van der Waals surface area contributed by atoms with Crippen molar-refractivity contribution in [2.24, 2.45) is 5.92 Å². The third kappa shape index (κ3) is 1.14. The lowest BCUT2D eigenvalue weighted by atomic mass is 10.3. The van der Waals surface area contributed by atoms with Gasteiger partial charge in [0.15, 0.2) is 0 Å². The zero-order valence-corrected chi connectivity index (χ0v) is 7.22. The van der Waals surface area contributed by atoms with Crippen molar-refractivity contribution in [1.29, 1.82) is 0 Å². The standard InChI is InChI=1S/C8H6F2O2S/c9-8(10)5(6(8)7(11)12)4-2-1-3-13-4/h1-3,5-6H,(H,11,12).